The molecule has 0 saturated heterocycles. The summed E-state index contributed by atoms with van der Waals surface area (Å²) in [5.41, 5.74) is 1.21. The van der Waals surface area contributed by atoms with Gasteiger partial charge in [0.2, 0.25) is 0 Å². The Morgan fingerprint density at radius 2 is 1.50 bits per heavy atom. The third kappa shape index (κ3) is 11.5. The van der Waals surface area contributed by atoms with Crippen LogP contribution in [0.1, 0.15) is 57.4 Å². The van der Waals surface area contributed by atoms with Gasteiger partial charge in [-0.25, -0.2) is 8.42 Å². The van der Waals surface area contributed by atoms with Crippen LogP contribution in [-0.4, -0.2) is 18.9 Å². The first kappa shape index (κ1) is 21.9. The molecule has 0 unspecified atom stereocenters. The molecule has 1 aromatic carbocycles. The van der Waals surface area contributed by atoms with Crippen LogP contribution in [0, 0.1) is 0 Å². The van der Waals surface area contributed by atoms with E-state index in [0.29, 0.717) is 5.75 Å². The SMILES string of the molecule is CCCCCCCCCc1ccc(OCS(=O)(=O)[O-])cc1.[Na+]. The molecule has 0 N–H and O–H groups in total. The number of hydrogen-bond donors (Lipinski definition) is 0. The van der Waals surface area contributed by atoms with Crippen LogP contribution in [0.25, 0.3) is 0 Å². The zero-order valence-corrected chi connectivity index (χ0v) is 16.5. The van der Waals surface area contributed by atoms with Gasteiger partial charge in [-0.05, 0) is 30.5 Å². The van der Waals surface area contributed by atoms with E-state index in [9.17, 15) is 13.0 Å². The number of unbranched alkanes of at least 4 members (excludes halogenated alkanes) is 6. The van der Waals surface area contributed by atoms with Gasteiger partial charge in [-0.3, -0.25) is 0 Å². The van der Waals surface area contributed by atoms with Gasteiger partial charge in [-0.1, -0.05) is 57.6 Å². The summed E-state index contributed by atoms with van der Waals surface area (Å²) in [7, 11) is -4.33. The first-order valence-electron chi connectivity index (χ1n) is 7.66. The van der Waals surface area contributed by atoms with E-state index in [2.05, 4.69) is 6.92 Å². The van der Waals surface area contributed by atoms with Crippen molar-refractivity contribution < 1.29 is 47.3 Å². The van der Waals surface area contributed by atoms with Crippen LogP contribution in [0.2, 0.25) is 0 Å². The summed E-state index contributed by atoms with van der Waals surface area (Å²) in [6.07, 6.45) is 10.0. The van der Waals surface area contributed by atoms with Crippen molar-refractivity contribution in [2.75, 3.05) is 5.94 Å². The van der Waals surface area contributed by atoms with Crippen LogP contribution in [0.5, 0.6) is 5.75 Å². The largest absolute Gasteiger partial charge is 1.00 e. The molecule has 0 aromatic heterocycles. The van der Waals surface area contributed by atoms with E-state index in [1.54, 1.807) is 12.1 Å². The summed E-state index contributed by atoms with van der Waals surface area (Å²) in [4.78, 5) is 0. The summed E-state index contributed by atoms with van der Waals surface area (Å²) in [6.45, 7) is 2.22. The van der Waals surface area contributed by atoms with Crippen molar-refractivity contribution in [3.8, 4) is 5.75 Å². The predicted molar refractivity (Wildman–Crippen MR) is 83.3 cm³/mol. The molecule has 0 aliphatic heterocycles. The van der Waals surface area contributed by atoms with E-state index in [4.69, 9.17) is 4.74 Å². The number of rotatable bonds is 11. The molecule has 0 spiro atoms. The fourth-order valence-corrected chi connectivity index (χ4v) is 2.46. The summed E-state index contributed by atoms with van der Waals surface area (Å²) in [6, 6.07) is 7.26. The molecule has 0 aliphatic rings. The minimum absolute atomic E-state index is 0. The standard InChI is InChI=1S/C16H26O4S.Na/c1-2-3-4-5-6-7-8-9-15-10-12-16(13-11-15)20-14-21(17,18)19;/h10-13H,2-9,14H2,1H3,(H,17,18,19);/q;+1/p-1. The Kier molecular flexibility index (Phi) is 12.3. The molecule has 0 fully saturated rings. The van der Waals surface area contributed by atoms with Gasteiger partial charge in [0, 0.05) is 0 Å². The predicted octanol–water partition coefficient (Wildman–Crippen LogP) is 0.865. The Bertz CT molecular complexity index is 485. The minimum Gasteiger partial charge on any atom is -0.745 e. The van der Waals surface area contributed by atoms with Crippen molar-refractivity contribution in [2.45, 2.75) is 58.3 Å². The molecular formula is C16H25NaO4S. The van der Waals surface area contributed by atoms with E-state index >= 15 is 0 Å². The van der Waals surface area contributed by atoms with E-state index in [-0.39, 0.29) is 29.6 Å². The fraction of sp³-hybridized carbons (Fsp3) is 0.625. The Hall–Kier alpha value is -0.0700. The van der Waals surface area contributed by atoms with Crippen LogP contribution >= 0.6 is 0 Å². The van der Waals surface area contributed by atoms with Crippen molar-refractivity contribution in [2.24, 2.45) is 0 Å². The second kappa shape index (κ2) is 12.4. The molecule has 0 saturated carbocycles. The van der Waals surface area contributed by atoms with Gasteiger partial charge >= 0.3 is 29.6 Å². The van der Waals surface area contributed by atoms with Crippen molar-refractivity contribution >= 4 is 10.1 Å². The van der Waals surface area contributed by atoms with Crippen molar-refractivity contribution in [1.82, 2.24) is 0 Å². The Morgan fingerprint density at radius 1 is 0.955 bits per heavy atom. The van der Waals surface area contributed by atoms with Crippen LogP contribution in [-0.2, 0) is 16.5 Å². The topological polar surface area (TPSA) is 66.4 Å². The molecule has 6 heteroatoms. The first-order valence-corrected chi connectivity index (χ1v) is 9.24. The van der Waals surface area contributed by atoms with Crippen LogP contribution in [0.4, 0.5) is 0 Å². The summed E-state index contributed by atoms with van der Waals surface area (Å²) in [5, 5.41) is 0. The number of ether oxygens (including phenoxy) is 1. The van der Waals surface area contributed by atoms with Crippen LogP contribution < -0.4 is 34.3 Å². The molecule has 1 aromatic rings. The minimum atomic E-state index is -4.33. The monoisotopic (exact) mass is 336 g/mol. The zero-order chi connectivity index (χ0) is 15.6. The maximum atomic E-state index is 10.5. The summed E-state index contributed by atoms with van der Waals surface area (Å²) >= 11 is 0. The molecule has 0 bridgehead atoms. The molecule has 0 radical (unpaired) electrons. The van der Waals surface area contributed by atoms with Gasteiger partial charge in [-0.15, -0.1) is 0 Å². The molecular weight excluding hydrogens is 311 g/mol. The van der Waals surface area contributed by atoms with Crippen molar-refractivity contribution in [3.05, 3.63) is 29.8 Å². The summed E-state index contributed by atoms with van der Waals surface area (Å²) in [5.74, 6) is -0.401. The second-order valence-corrected chi connectivity index (χ2v) is 6.69. The van der Waals surface area contributed by atoms with Gasteiger partial charge in [0.25, 0.3) is 0 Å². The van der Waals surface area contributed by atoms with E-state index < -0.39 is 16.1 Å². The Labute approximate surface area is 156 Å². The number of benzene rings is 1. The zero-order valence-electron chi connectivity index (χ0n) is 13.7. The molecule has 0 heterocycles. The van der Waals surface area contributed by atoms with E-state index in [0.717, 1.165) is 6.42 Å². The molecule has 0 amide bonds. The van der Waals surface area contributed by atoms with Gasteiger partial charge in [-0.2, -0.15) is 0 Å². The van der Waals surface area contributed by atoms with Crippen molar-refractivity contribution in [1.29, 1.82) is 0 Å². The third-order valence-electron chi connectivity index (χ3n) is 3.36. The normalized spacial score (nSPS) is 11.0. The quantitative estimate of drug-likeness (QED) is 0.342. The van der Waals surface area contributed by atoms with E-state index in [1.807, 2.05) is 12.1 Å². The van der Waals surface area contributed by atoms with Gasteiger partial charge in [0.05, 0.1) is 0 Å². The maximum absolute atomic E-state index is 10.5. The molecule has 1 rings (SSSR count). The van der Waals surface area contributed by atoms with Crippen LogP contribution in [0.15, 0.2) is 24.3 Å². The first-order chi connectivity index (χ1) is 10.0. The van der Waals surface area contributed by atoms with Crippen LogP contribution in [0.3, 0.4) is 0 Å². The van der Waals surface area contributed by atoms with Gasteiger partial charge in [0.1, 0.15) is 15.9 Å². The molecule has 0 aliphatic carbocycles. The number of hydrogen-bond acceptors (Lipinski definition) is 4. The molecule has 4 nitrogen and oxygen atoms in total. The van der Waals surface area contributed by atoms with Gasteiger partial charge < -0.3 is 9.29 Å². The average molecular weight is 336 g/mol. The van der Waals surface area contributed by atoms with Gasteiger partial charge in [0.15, 0.2) is 5.94 Å². The van der Waals surface area contributed by atoms with Crippen molar-refractivity contribution in [3.63, 3.8) is 0 Å². The molecule has 22 heavy (non-hydrogen) atoms. The smallest absolute Gasteiger partial charge is 0.745 e. The average Bonchev–Trinajstić information content (AvgIpc) is 2.44. The fourth-order valence-electron chi connectivity index (χ4n) is 2.18. The Balaban J connectivity index is 0.00000441. The van der Waals surface area contributed by atoms with E-state index in [1.165, 1.54) is 50.5 Å². The second-order valence-electron chi connectivity index (χ2n) is 5.34. The third-order valence-corrected chi connectivity index (χ3v) is 3.77. The number of aryl methyl sites for hydroxylation is 1. The molecule has 120 valence electrons. The Morgan fingerprint density at radius 3 is 2.05 bits per heavy atom. The maximum Gasteiger partial charge on any atom is 1.00 e. The summed E-state index contributed by atoms with van der Waals surface area (Å²) < 4.78 is 36.3. The molecule has 0 atom stereocenters.